The van der Waals surface area contributed by atoms with Crippen LogP contribution < -0.4 is 5.32 Å². The topological polar surface area (TPSA) is 58.3 Å². The molecule has 0 spiro atoms. The molecule has 1 aromatic heterocycles. The highest BCUT2D eigenvalue weighted by atomic mass is 16.4. The zero-order chi connectivity index (χ0) is 10.7. The number of hydrogen-bond acceptors (Lipinski definition) is 4. The third-order valence-electron chi connectivity index (χ3n) is 2.04. The lowest BCUT2D eigenvalue weighted by atomic mass is 10.2. The normalized spacial score (nSPS) is 10.5. The van der Waals surface area contributed by atoms with E-state index in [0.29, 0.717) is 18.0 Å². The van der Waals surface area contributed by atoms with E-state index in [4.69, 9.17) is 4.42 Å². The molecule has 0 fully saturated rings. The van der Waals surface area contributed by atoms with E-state index in [1.54, 1.807) is 24.4 Å². The van der Waals surface area contributed by atoms with Crippen molar-refractivity contribution < 1.29 is 9.52 Å². The number of para-hydroxylation sites is 1. The van der Waals surface area contributed by atoms with Gasteiger partial charge >= 0.3 is 0 Å². The average Bonchev–Trinajstić information content (AvgIpc) is 2.68. The SMILES string of the molecule is CNCc1cnc(-c2ccccc2O)o1. The summed E-state index contributed by atoms with van der Waals surface area (Å²) in [7, 11) is 1.84. The molecule has 1 heterocycles. The van der Waals surface area contributed by atoms with Gasteiger partial charge in [0, 0.05) is 0 Å². The molecule has 4 nitrogen and oxygen atoms in total. The molecule has 1 aromatic carbocycles. The van der Waals surface area contributed by atoms with Crippen LogP contribution in [0.5, 0.6) is 5.75 Å². The van der Waals surface area contributed by atoms with Gasteiger partial charge in [-0.05, 0) is 19.2 Å². The van der Waals surface area contributed by atoms with Gasteiger partial charge in [-0.3, -0.25) is 0 Å². The second kappa shape index (κ2) is 4.14. The lowest BCUT2D eigenvalue weighted by Gasteiger charge is -1.98. The maximum absolute atomic E-state index is 9.59. The zero-order valence-corrected chi connectivity index (χ0v) is 8.40. The fraction of sp³-hybridized carbons (Fsp3) is 0.182. The van der Waals surface area contributed by atoms with Crippen LogP contribution >= 0.6 is 0 Å². The predicted octanol–water partition coefficient (Wildman–Crippen LogP) is 1.77. The second-order valence-corrected chi connectivity index (χ2v) is 3.18. The number of rotatable bonds is 3. The Bertz CT molecular complexity index is 451. The van der Waals surface area contributed by atoms with Gasteiger partial charge in [0.15, 0.2) is 0 Å². The highest BCUT2D eigenvalue weighted by molar-refractivity contribution is 5.61. The molecule has 2 N–H and O–H groups in total. The Labute approximate surface area is 87.6 Å². The molecular weight excluding hydrogens is 192 g/mol. The first kappa shape index (κ1) is 9.73. The van der Waals surface area contributed by atoms with Gasteiger partial charge in [-0.15, -0.1) is 0 Å². The largest absolute Gasteiger partial charge is 0.507 e. The minimum atomic E-state index is 0.176. The van der Waals surface area contributed by atoms with Gasteiger partial charge in [-0.2, -0.15) is 0 Å². The number of hydrogen-bond donors (Lipinski definition) is 2. The lowest BCUT2D eigenvalue weighted by molar-refractivity contribution is 0.467. The minimum Gasteiger partial charge on any atom is -0.507 e. The molecule has 0 unspecified atom stereocenters. The van der Waals surface area contributed by atoms with Gasteiger partial charge in [0.25, 0.3) is 0 Å². The number of nitrogens with zero attached hydrogens (tertiary/aromatic N) is 1. The first-order chi connectivity index (χ1) is 7.31. The van der Waals surface area contributed by atoms with Crippen molar-refractivity contribution in [2.45, 2.75) is 6.54 Å². The Morgan fingerprint density at radius 2 is 2.20 bits per heavy atom. The summed E-state index contributed by atoms with van der Waals surface area (Å²) in [6.45, 7) is 0.626. The molecule has 0 atom stereocenters. The Kier molecular flexibility index (Phi) is 2.69. The molecule has 15 heavy (non-hydrogen) atoms. The monoisotopic (exact) mass is 204 g/mol. The van der Waals surface area contributed by atoms with E-state index >= 15 is 0 Å². The average molecular weight is 204 g/mol. The van der Waals surface area contributed by atoms with Crippen LogP contribution in [0.2, 0.25) is 0 Å². The van der Waals surface area contributed by atoms with Gasteiger partial charge in [-0.1, -0.05) is 12.1 Å². The molecule has 0 aliphatic carbocycles. The molecule has 4 heteroatoms. The fourth-order valence-electron chi connectivity index (χ4n) is 1.34. The number of aromatic nitrogens is 1. The number of aromatic hydroxyl groups is 1. The molecule has 2 aromatic rings. The van der Waals surface area contributed by atoms with E-state index in [2.05, 4.69) is 10.3 Å². The molecule has 0 saturated heterocycles. The molecule has 0 radical (unpaired) electrons. The first-order valence-electron chi connectivity index (χ1n) is 4.69. The minimum absolute atomic E-state index is 0.176. The number of oxazole rings is 1. The lowest BCUT2D eigenvalue weighted by Crippen LogP contribution is -2.03. The van der Waals surface area contributed by atoms with E-state index in [9.17, 15) is 5.11 Å². The summed E-state index contributed by atoms with van der Waals surface area (Å²) in [6, 6.07) is 6.97. The Morgan fingerprint density at radius 1 is 1.40 bits per heavy atom. The van der Waals surface area contributed by atoms with Gasteiger partial charge < -0.3 is 14.8 Å². The Morgan fingerprint density at radius 3 is 2.93 bits per heavy atom. The van der Waals surface area contributed by atoms with Gasteiger partial charge in [0.05, 0.1) is 18.3 Å². The van der Waals surface area contributed by atoms with Crippen LogP contribution in [0.25, 0.3) is 11.5 Å². The molecule has 0 saturated carbocycles. The number of nitrogens with one attached hydrogen (secondary N) is 1. The smallest absolute Gasteiger partial charge is 0.230 e. The summed E-state index contributed by atoms with van der Waals surface area (Å²) in [5, 5.41) is 12.6. The predicted molar refractivity (Wildman–Crippen MR) is 56.4 cm³/mol. The summed E-state index contributed by atoms with van der Waals surface area (Å²) >= 11 is 0. The Balaban J connectivity index is 2.33. The van der Waals surface area contributed by atoms with E-state index in [1.165, 1.54) is 0 Å². The maximum Gasteiger partial charge on any atom is 0.230 e. The third-order valence-corrected chi connectivity index (χ3v) is 2.04. The van der Waals surface area contributed by atoms with Gasteiger partial charge in [0.1, 0.15) is 11.5 Å². The maximum atomic E-state index is 9.59. The van der Waals surface area contributed by atoms with Crippen molar-refractivity contribution in [3.8, 4) is 17.2 Å². The van der Waals surface area contributed by atoms with E-state index in [-0.39, 0.29) is 5.75 Å². The zero-order valence-electron chi connectivity index (χ0n) is 8.40. The molecule has 0 bridgehead atoms. The summed E-state index contributed by atoms with van der Waals surface area (Å²) in [5.41, 5.74) is 0.611. The van der Waals surface area contributed by atoms with Crippen molar-refractivity contribution >= 4 is 0 Å². The highest BCUT2D eigenvalue weighted by Gasteiger charge is 2.09. The van der Waals surface area contributed by atoms with Crippen molar-refractivity contribution in [1.82, 2.24) is 10.3 Å². The molecule has 78 valence electrons. The molecular formula is C11H12N2O2. The summed E-state index contributed by atoms with van der Waals surface area (Å²) < 4.78 is 5.46. The second-order valence-electron chi connectivity index (χ2n) is 3.18. The van der Waals surface area contributed by atoms with Crippen molar-refractivity contribution in [1.29, 1.82) is 0 Å². The van der Waals surface area contributed by atoms with Crippen molar-refractivity contribution in [3.63, 3.8) is 0 Å². The molecule has 0 amide bonds. The van der Waals surface area contributed by atoms with Gasteiger partial charge in [-0.25, -0.2) is 4.98 Å². The van der Waals surface area contributed by atoms with Crippen LogP contribution in [-0.2, 0) is 6.54 Å². The quantitative estimate of drug-likeness (QED) is 0.799. The third kappa shape index (κ3) is 1.99. The van der Waals surface area contributed by atoms with Crippen molar-refractivity contribution in [2.24, 2.45) is 0 Å². The fourth-order valence-corrected chi connectivity index (χ4v) is 1.34. The van der Waals surface area contributed by atoms with Crippen LogP contribution in [0.4, 0.5) is 0 Å². The molecule has 0 aliphatic rings. The summed E-state index contributed by atoms with van der Waals surface area (Å²) in [4.78, 5) is 4.10. The molecule has 0 aliphatic heterocycles. The Hall–Kier alpha value is -1.81. The van der Waals surface area contributed by atoms with Crippen molar-refractivity contribution in [2.75, 3.05) is 7.05 Å². The molecule has 2 rings (SSSR count). The summed E-state index contributed by atoms with van der Waals surface area (Å²) in [5.74, 6) is 1.37. The van der Waals surface area contributed by atoms with E-state index in [1.807, 2.05) is 13.1 Å². The number of benzene rings is 1. The highest BCUT2D eigenvalue weighted by Crippen LogP contribution is 2.27. The summed E-state index contributed by atoms with van der Waals surface area (Å²) in [6.07, 6.45) is 1.65. The number of phenolic OH excluding ortho intramolecular Hbond substituents is 1. The van der Waals surface area contributed by atoms with Crippen LogP contribution in [0.1, 0.15) is 5.76 Å². The van der Waals surface area contributed by atoms with Crippen LogP contribution in [0, 0.1) is 0 Å². The van der Waals surface area contributed by atoms with E-state index in [0.717, 1.165) is 5.76 Å². The van der Waals surface area contributed by atoms with E-state index < -0.39 is 0 Å². The van der Waals surface area contributed by atoms with Gasteiger partial charge in [0.2, 0.25) is 5.89 Å². The van der Waals surface area contributed by atoms with Crippen LogP contribution in [0.15, 0.2) is 34.9 Å². The number of phenols is 1. The van der Waals surface area contributed by atoms with Crippen molar-refractivity contribution in [3.05, 3.63) is 36.2 Å². The first-order valence-corrected chi connectivity index (χ1v) is 4.69. The van der Waals surface area contributed by atoms with Crippen LogP contribution in [0.3, 0.4) is 0 Å². The standard InChI is InChI=1S/C11H12N2O2/c1-12-6-8-7-13-11(15-8)9-4-2-3-5-10(9)14/h2-5,7,12,14H,6H2,1H3. The van der Waals surface area contributed by atoms with Crippen LogP contribution in [-0.4, -0.2) is 17.1 Å².